The third kappa shape index (κ3) is 18.9. The van der Waals surface area contributed by atoms with Crippen molar-refractivity contribution < 1.29 is 81.5 Å². The van der Waals surface area contributed by atoms with Gasteiger partial charge in [-0.2, -0.15) is 0 Å². The van der Waals surface area contributed by atoms with Crippen molar-refractivity contribution in [2.45, 2.75) is 0 Å². The van der Waals surface area contributed by atoms with Gasteiger partial charge in [-0.1, -0.05) is 0 Å². The van der Waals surface area contributed by atoms with Crippen LogP contribution >= 0.6 is 0 Å². The maximum absolute atomic E-state index is 10.6. The maximum Gasteiger partial charge on any atom is 2.00 e. The summed E-state index contributed by atoms with van der Waals surface area (Å²) in [5.41, 5.74) is 0. The molecule has 0 unspecified atom stereocenters. The fraction of sp³-hybridized carbons (Fsp3) is 0.600. The summed E-state index contributed by atoms with van der Waals surface area (Å²) in [6.07, 6.45) is 0. The summed E-state index contributed by atoms with van der Waals surface area (Å²) in [4.78, 5) is 44.4. The van der Waals surface area contributed by atoms with Crippen LogP contribution in [-0.4, -0.2) is 93.4 Å². The molecule has 0 spiro atoms. The van der Waals surface area contributed by atoms with E-state index in [4.69, 9.17) is 20.4 Å². The molecule has 0 bridgehead atoms. The van der Waals surface area contributed by atoms with Crippen molar-refractivity contribution in [1.29, 1.82) is 0 Å². The average molecular weight is 427 g/mol. The van der Waals surface area contributed by atoms with Gasteiger partial charge >= 0.3 is 40.9 Å². The van der Waals surface area contributed by atoms with Gasteiger partial charge in [0.2, 0.25) is 0 Å². The largest absolute Gasteiger partial charge is 2.00 e. The fourth-order valence-electron chi connectivity index (χ4n) is 1.48. The van der Waals surface area contributed by atoms with Crippen molar-refractivity contribution in [1.82, 2.24) is 9.80 Å². The Labute approximate surface area is 154 Å². The molecule has 10 nitrogen and oxygen atoms in total. The number of halogens is 2. The van der Waals surface area contributed by atoms with Gasteiger partial charge < -0.3 is 45.2 Å². The Kier molecular flexibility index (Phi) is 20.5. The van der Waals surface area contributed by atoms with Crippen LogP contribution in [-0.2, 0) is 36.2 Å². The third-order valence-corrected chi connectivity index (χ3v) is 2.17. The minimum Gasteiger partial charge on any atom is -1.00 e. The number of hydrogen-bond acceptors (Lipinski definition) is 6. The summed E-state index contributed by atoms with van der Waals surface area (Å²) in [5, 5.41) is 34.5. The topological polar surface area (TPSA) is 156 Å². The van der Waals surface area contributed by atoms with Crippen molar-refractivity contribution in [3.05, 3.63) is 0 Å². The Bertz CT molecular complexity index is 331. The van der Waals surface area contributed by atoms with Crippen LogP contribution in [0.2, 0.25) is 0 Å². The van der Waals surface area contributed by atoms with E-state index in [2.05, 4.69) is 0 Å². The van der Waals surface area contributed by atoms with Crippen molar-refractivity contribution in [2.75, 3.05) is 39.3 Å². The van der Waals surface area contributed by atoms with E-state index in [0.29, 0.717) is 0 Å². The van der Waals surface area contributed by atoms with Crippen LogP contribution in [0.4, 0.5) is 0 Å². The maximum atomic E-state index is 10.6. The van der Waals surface area contributed by atoms with Gasteiger partial charge in [-0.3, -0.25) is 29.0 Å². The fourth-order valence-corrected chi connectivity index (χ4v) is 1.48. The van der Waals surface area contributed by atoms with Gasteiger partial charge in [-0.25, -0.2) is 0 Å². The van der Waals surface area contributed by atoms with Crippen molar-refractivity contribution >= 4 is 23.9 Å². The van der Waals surface area contributed by atoms with Gasteiger partial charge in [0.05, 0.1) is 26.2 Å². The molecule has 23 heavy (non-hydrogen) atoms. The zero-order valence-electron chi connectivity index (χ0n) is 11.6. The monoisotopic (exact) mass is 425 g/mol. The molecule has 0 amide bonds. The van der Waals surface area contributed by atoms with E-state index in [1.54, 1.807) is 0 Å². The first kappa shape index (κ1) is 29.9. The van der Waals surface area contributed by atoms with E-state index in [-0.39, 0.29) is 55.0 Å². The standard InChI is InChI=1S/C10H16N2O8.2ClH.Cu/c13-7(14)3-11(4-8(15)16)1-2-12(5-9(17)18)6-10(19)20;;;/h1-6H2,(H,13,14)(H,15,16)(H,17,18)(H,19,20);2*1H;/q;;;+2/p-2. The molecule has 139 valence electrons. The number of carboxylic acids is 4. The zero-order valence-corrected chi connectivity index (χ0v) is 14.1. The second-order valence-electron chi connectivity index (χ2n) is 4.00. The second kappa shape index (κ2) is 15.8. The molecule has 0 atom stereocenters. The SMILES string of the molecule is O=C(O)CN(CCN(CC(=O)O)CC(=O)O)CC(=O)O.[Cl-].[Cl-].[Cu+2]. The smallest absolute Gasteiger partial charge is 1.00 e. The second-order valence-corrected chi connectivity index (χ2v) is 4.00. The molecule has 0 heterocycles. The van der Waals surface area contributed by atoms with Gasteiger partial charge in [0, 0.05) is 13.1 Å². The van der Waals surface area contributed by atoms with E-state index in [1.165, 1.54) is 0 Å². The number of carboxylic acid groups (broad SMARTS) is 4. The summed E-state index contributed by atoms with van der Waals surface area (Å²) in [6.45, 7) is -2.25. The van der Waals surface area contributed by atoms with E-state index in [1.807, 2.05) is 0 Å². The van der Waals surface area contributed by atoms with Gasteiger partial charge in [0.15, 0.2) is 0 Å². The van der Waals surface area contributed by atoms with Crippen LogP contribution in [0.15, 0.2) is 0 Å². The molecule has 0 saturated carbocycles. The summed E-state index contributed by atoms with van der Waals surface area (Å²) < 4.78 is 0. The Balaban J connectivity index is -0.000000602. The number of carbonyl (C=O) groups is 4. The Morgan fingerprint density at radius 2 is 0.739 bits per heavy atom. The predicted octanol–water partition coefficient (Wildman–Crippen LogP) is -8.07. The molecule has 0 aromatic heterocycles. The van der Waals surface area contributed by atoms with Crippen LogP contribution in [0, 0.1) is 0 Å². The van der Waals surface area contributed by atoms with Crippen molar-refractivity contribution in [3.8, 4) is 0 Å². The molecule has 0 aromatic carbocycles. The van der Waals surface area contributed by atoms with Crippen LogP contribution in [0.1, 0.15) is 0 Å². The van der Waals surface area contributed by atoms with E-state index < -0.39 is 50.1 Å². The Morgan fingerprint density at radius 3 is 0.870 bits per heavy atom. The first-order valence-corrected chi connectivity index (χ1v) is 5.52. The number of hydrogen-bond donors (Lipinski definition) is 4. The summed E-state index contributed by atoms with van der Waals surface area (Å²) in [6, 6.07) is 0. The molecule has 0 aliphatic heterocycles. The summed E-state index contributed by atoms with van der Waals surface area (Å²) in [7, 11) is 0. The predicted molar refractivity (Wildman–Crippen MR) is 63.4 cm³/mol. The first-order valence-electron chi connectivity index (χ1n) is 5.52. The molecule has 0 rings (SSSR count). The average Bonchev–Trinajstić information content (AvgIpc) is 2.22. The van der Waals surface area contributed by atoms with E-state index in [9.17, 15) is 19.2 Å². The Hall–Kier alpha value is -1.10. The molecule has 0 saturated heterocycles. The molecule has 0 aliphatic rings. The number of aliphatic carboxylic acids is 4. The van der Waals surface area contributed by atoms with Gasteiger partial charge in [0.1, 0.15) is 0 Å². The van der Waals surface area contributed by atoms with Gasteiger partial charge in [0.25, 0.3) is 0 Å². The van der Waals surface area contributed by atoms with Crippen LogP contribution in [0.25, 0.3) is 0 Å². The number of rotatable bonds is 11. The zero-order chi connectivity index (χ0) is 15.7. The Morgan fingerprint density at radius 1 is 0.565 bits per heavy atom. The van der Waals surface area contributed by atoms with Crippen molar-refractivity contribution in [3.63, 3.8) is 0 Å². The first-order chi connectivity index (χ1) is 9.20. The molecule has 0 fully saturated rings. The molecule has 4 N–H and O–H groups in total. The van der Waals surface area contributed by atoms with Crippen LogP contribution < -0.4 is 24.8 Å². The van der Waals surface area contributed by atoms with Crippen LogP contribution in [0.3, 0.4) is 0 Å². The van der Waals surface area contributed by atoms with E-state index in [0.717, 1.165) is 9.80 Å². The molecular weight excluding hydrogens is 411 g/mol. The molecule has 13 heteroatoms. The molecular formula is C10H16Cl2CuN2O8. The minimum atomic E-state index is -1.23. The molecule has 1 radical (unpaired) electrons. The summed E-state index contributed by atoms with van der Waals surface area (Å²) >= 11 is 0. The van der Waals surface area contributed by atoms with Crippen LogP contribution in [0.5, 0.6) is 0 Å². The van der Waals surface area contributed by atoms with Gasteiger partial charge in [-0.15, -0.1) is 0 Å². The minimum absolute atomic E-state index is 0. The normalized spacial score (nSPS) is 9.30. The molecule has 0 aliphatic carbocycles. The van der Waals surface area contributed by atoms with Gasteiger partial charge in [-0.05, 0) is 0 Å². The number of nitrogens with zero attached hydrogens (tertiary/aromatic N) is 2. The quantitative estimate of drug-likeness (QED) is 0.234. The van der Waals surface area contributed by atoms with E-state index >= 15 is 0 Å². The summed E-state index contributed by atoms with van der Waals surface area (Å²) in [5.74, 6) is -4.91. The third-order valence-electron chi connectivity index (χ3n) is 2.17. The molecule has 0 aromatic rings. The van der Waals surface area contributed by atoms with Crippen molar-refractivity contribution in [2.24, 2.45) is 0 Å².